The Hall–Kier alpha value is -0.120. The highest BCUT2D eigenvalue weighted by atomic mass is 15.2. The predicted molar refractivity (Wildman–Crippen MR) is 68.4 cm³/mol. The van der Waals surface area contributed by atoms with Gasteiger partial charge in [0.25, 0.3) is 0 Å². The summed E-state index contributed by atoms with van der Waals surface area (Å²) in [5, 5.41) is 6.57. The summed E-state index contributed by atoms with van der Waals surface area (Å²) >= 11 is 0. The Morgan fingerprint density at radius 3 is 2.07 bits per heavy atom. The molecule has 0 aliphatic carbocycles. The monoisotopic (exact) mass is 215 g/mol. The van der Waals surface area contributed by atoms with Gasteiger partial charge >= 0.3 is 0 Å². The summed E-state index contributed by atoms with van der Waals surface area (Å²) < 4.78 is 0. The lowest BCUT2D eigenvalue weighted by Gasteiger charge is -2.39. The fourth-order valence-electron chi connectivity index (χ4n) is 1.91. The van der Waals surface area contributed by atoms with Crippen LogP contribution in [0.4, 0.5) is 0 Å². The molecule has 0 fully saturated rings. The molecule has 15 heavy (non-hydrogen) atoms. The molecule has 0 bridgehead atoms. The summed E-state index contributed by atoms with van der Waals surface area (Å²) in [6.45, 7) is 15.6. The van der Waals surface area contributed by atoms with E-state index in [0.717, 1.165) is 26.2 Å². The van der Waals surface area contributed by atoms with Crippen LogP contribution in [0.1, 0.15) is 34.6 Å². The van der Waals surface area contributed by atoms with Crippen LogP contribution >= 0.6 is 0 Å². The second-order valence-corrected chi connectivity index (χ2v) is 5.31. The van der Waals surface area contributed by atoms with Gasteiger partial charge in [0.2, 0.25) is 0 Å². The molecule has 0 saturated carbocycles. The van der Waals surface area contributed by atoms with Gasteiger partial charge in [0.15, 0.2) is 0 Å². The Morgan fingerprint density at radius 1 is 1.07 bits per heavy atom. The second-order valence-electron chi connectivity index (χ2n) is 5.31. The van der Waals surface area contributed by atoms with E-state index in [1.165, 1.54) is 0 Å². The van der Waals surface area contributed by atoms with Gasteiger partial charge in [0, 0.05) is 37.8 Å². The van der Waals surface area contributed by atoms with Crippen LogP contribution in [0.15, 0.2) is 0 Å². The molecule has 0 aromatic rings. The Bertz CT molecular complexity index is 149. The van der Waals surface area contributed by atoms with Gasteiger partial charge in [-0.1, -0.05) is 0 Å². The van der Waals surface area contributed by atoms with E-state index < -0.39 is 0 Å². The lowest BCUT2D eigenvalue weighted by Crippen LogP contribution is -2.48. The fraction of sp³-hybridized carbons (Fsp3) is 1.00. The Balaban J connectivity index is 3.78. The van der Waals surface area contributed by atoms with Crippen molar-refractivity contribution < 1.29 is 0 Å². The Labute approximate surface area is 95.6 Å². The van der Waals surface area contributed by atoms with E-state index >= 15 is 0 Å². The molecule has 3 nitrogen and oxygen atoms in total. The molecule has 0 aromatic heterocycles. The van der Waals surface area contributed by atoms with Crippen molar-refractivity contribution in [3.8, 4) is 0 Å². The second kappa shape index (κ2) is 7.20. The highest BCUT2D eigenvalue weighted by molar-refractivity contribution is 4.79. The van der Waals surface area contributed by atoms with Crippen molar-refractivity contribution >= 4 is 0 Å². The molecule has 0 amide bonds. The molecule has 3 heteroatoms. The highest BCUT2D eigenvalue weighted by Gasteiger charge is 2.22. The van der Waals surface area contributed by atoms with Crippen LogP contribution in [0.5, 0.6) is 0 Å². The zero-order chi connectivity index (χ0) is 11.9. The summed E-state index contributed by atoms with van der Waals surface area (Å²) in [5.74, 6) is 0. The van der Waals surface area contributed by atoms with Gasteiger partial charge < -0.3 is 10.6 Å². The average Bonchev–Trinajstić information content (AvgIpc) is 2.08. The van der Waals surface area contributed by atoms with E-state index in [4.69, 9.17) is 0 Å². The molecule has 92 valence electrons. The molecule has 0 atom stereocenters. The number of nitrogens with zero attached hydrogens (tertiary/aromatic N) is 1. The number of hydrogen-bond donors (Lipinski definition) is 2. The number of hydrogen-bond acceptors (Lipinski definition) is 3. The molecule has 0 heterocycles. The first-order chi connectivity index (χ1) is 6.89. The summed E-state index contributed by atoms with van der Waals surface area (Å²) in [7, 11) is 1.98. The fourth-order valence-corrected chi connectivity index (χ4v) is 1.91. The molecule has 0 rings (SSSR count). The first-order valence-corrected chi connectivity index (χ1v) is 6.01. The molecule has 0 saturated heterocycles. The van der Waals surface area contributed by atoms with Crippen molar-refractivity contribution in [2.45, 2.75) is 46.2 Å². The van der Waals surface area contributed by atoms with E-state index in [0.29, 0.717) is 6.04 Å². The number of likely N-dealkylation sites (N-methyl/N-ethyl adjacent to an activating group) is 1. The van der Waals surface area contributed by atoms with Gasteiger partial charge in [-0.25, -0.2) is 0 Å². The van der Waals surface area contributed by atoms with Gasteiger partial charge in [-0.15, -0.1) is 0 Å². The average molecular weight is 215 g/mol. The zero-order valence-corrected chi connectivity index (χ0v) is 11.4. The smallest absolute Gasteiger partial charge is 0.0128 e. The van der Waals surface area contributed by atoms with Crippen LogP contribution in [0, 0.1) is 0 Å². The van der Waals surface area contributed by atoms with E-state index in [2.05, 4.69) is 50.2 Å². The minimum atomic E-state index is 0.263. The molecule has 0 aliphatic heterocycles. The molecular formula is C12H29N3. The normalized spacial score (nSPS) is 12.8. The van der Waals surface area contributed by atoms with Crippen LogP contribution < -0.4 is 10.6 Å². The molecular weight excluding hydrogens is 186 g/mol. The van der Waals surface area contributed by atoms with Crippen molar-refractivity contribution in [1.29, 1.82) is 0 Å². The predicted octanol–water partition coefficient (Wildman–Crippen LogP) is 1.30. The first-order valence-electron chi connectivity index (χ1n) is 6.01. The molecule has 0 aromatic carbocycles. The minimum Gasteiger partial charge on any atom is -0.318 e. The van der Waals surface area contributed by atoms with Crippen molar-refractivity contribution in [3.05, 3.63) is 0 Å². The number of nitrogens with one attached hydrogen (secondary N) is 2. The van der Waals surface area contributed by atoms with Crippen LogP contribution in [-0.2, 0) is 0 Å². The van der Waals surface area contributed by atoms with Crippen molar-refractivity contribution in [2.75, 3.05) is 33.2 Å². The standard InChI is InChI=1S/C12H29N3/c1-11(2)15(12(3,4)5)10-9-14-8-7-13-6/h11,13-14H,7-10H2,1-6H3. The van der Waals surface area contributed by atoms with Crippen molar-refractivity contribution in [2.24, 2.45) is 0 Å². The van der Waals surface area contributed by atoms with Crippen molar-refractivity contribution in [3.63, 3.8) is 0 Å². The van der Waals surface area contributed by atoms with Crippen LogP contribution in [0.25, 0.3) is 0 Å². The highest BCUT2D eigenvalue weighted by Crippen LogP contribution is 2.15. The third-order valence-corrected chi connectivity index (χ3v) is 2.57. The molecule has 2 N–H and O–H groups in total. The summed E-state index contributed by atoms with van der Waals surface area (Å²) in [6, 6.07) is 0.608. The zero-order valence-electron chi connectivity index (χ0n) is 11.4. The minimum absolute atomic E-state index is 0.263. The molecule has 0 aliphatic rings. The largest absolute Gasteiger partial charge is 0.318 e. The SMILES string of the molecule is CNCCNCCN(C(C)C)C(C)(C)C. The number of rotatable bonds is 7. The van der Waals surface area contributed by atoms with Crippen molar-refractivity contribution in [1.82, 2.24) is 15.5 Å². The van der Waals surface area contributed by atoms with Gasteiger partial charge in [-0.05, 0) is 41.7 Å². The summed E-state index contributed by atoms with van der Waals surface area (Å²) in [6.07, 6.45) is 0. The third-order valence-electron chi connectivity index (χ3n) is 2.57. The molecule has 0 unspecified atom stereocenters. The lowest BCUT2D eigenvalue weighted by molar-refractivity contribution is 0.100. The van der Waals surface area contributed by atoms with E-state index in [1.807, 2.05) is 7.05 Å². The maximum absolute atomic E-state index is 3.44. The summed E-state index contributed by atoms with van der Waals surface area (Å²) in [5.41, 5.74) is 0.263. The lowest BCUT2D eigenvalue weighted by atomic mass is 10.0. The summed E-state index contributed by atoms with van der Waals surface area (Å²) in [4.78, 5) is 2.53. The van der Waals surface area contributed by atoms with Gasteiger partial charge in [0.05, 0.1) is 0 Å². The van der Waals surface area contributed by atoms with Gasteiger partial charge in [-0.3, -0.25) is 4.90 Å². The van der Waals surface area contributed by atoms with Gasteiger partial charge in [-0.2, -0.15) is 0 Å². The topological polar surface area (TPSA) is 27.3 Å². The van der Waals surface area contributed by atoms with Crippen LogP contribution in [0.3, 0.4) is 0 Å². The quantitative estimate of drug-likeness (QED) is 0.627. The van der Waals surface area contributed by atoms with Crippen LogP contribution in [-0.4, -0.2) is 49.7 Å². The van der Waals surface area contributed by atoms with Gasteiger partial charge in [0.1, 0.15) is 0 Å². The maximum Gasteiger partial charge on any atom is 0.0128 e. The molecule has 0 radical (unpaired) electrons. The maximum atomic E-state index is 3.44. The third kappa shape index (κ3) is 6.88. The Kier molecular flexibility index (Phi) is 7.14. The van der Waals surface area contributed by atoms with Crippen LogP contribution in [0.2, 0.25) is 0 Å². The molecule has 0 spiro atoms. The van der Waals surface area contributed by atoms with E-state index in [1.54, 1.807) is 0 Å². The Morgan fingerprint density at radius 2 is 1.67 bits per heavy atom. The van der Waals surface area contributed by atoms with E-state index in [9.17, 15) is 0 Å². The van der Waals surface area contributed by atoms with E-state index in [-0.39, 0.29) is 5.54 Å². The first kappa shape index (κ1) is 14.9.